The molecular weight excluding hydrogens is 318 g/mol. The van der Waals surface area contributed by atoms with Crippen LogP contribution in [-0.4, -0.2) is 44.0 Å². The van der Waals surface area contributed by atoms with Crippen LogP contribution in [0.4, 0.5) is 0 Å². The van der Waals surface area contributed by atoms with Gasteiger partial charge in [0.1, 0.15) is 0 Å². The Morgan fingerprint density at radius 3 is 2.76 bits per heavy atom. The van der Waals surface area contributed by atoms with E-state index in [1.165, 1.54) is 0 Å². The van der Waals surface area contributed by atoms with Crippen LogP contribution in [0.2, 0.25) is 0 Å². The summed E-state index contributed by atoms with van der Waals surface area (Å²) in [4.78, 5) is 29.5. The Balaban J connectivity index is 1.70. The number of carboxylic acid groups (broad SMARTS) is 1. The lowest BCUT2D eigenvalue weighted by molar-refractivity contribution is -0.142. The largest absolute Gasteiger partial charge is 0.481 e. The zero-order chi connectivity index (χ0) is 17.6. The number of aryl methyl sites for hydroxylation is 1. The number of rotatable bonds is 7. The van der Waals surface area contributed by atoms with E-state index in [1.54, 1.807) is 17.4 Å². The lowest BCUT2D eigenvalue weighted by Crippen LogP contribution is -2.36. The molecule has 1 saturated heterocycles. The van der Waals surface area contributed by atoms with Gasteiger partial charge in [-0.15, -0.1) is 0 Å². The third-order valence-electron chi connectivity index (χ3n) is 4.46. The first-order chi connectivity index (χ1) is 12.1. The summed E-state index contributed by atoms with van der Waals surface area (Å²) in [6.45, 7) is 1.28. The lowest BCUT2D eigenvalue weighted by atomic mass is 9.99. The minimum Gasteiger partial charge on any atom is -0.481 e. The van der Waals surface area contributed by atoms with Crippen molar-refractivity contribution >= 4 is 18.0 Å². The van der Waals surface area contributed by atoms with Crippen LogP contribution in [0.5, 0.6) is 0 Å². The number of hydrogen-bond donors (Lipinski definition) is 1. The van der Waals surface area contributed by atoms with Crippen LogP contribution < -0.4 is 0 Å². The van der Waals surface area contributed by atoms with Crippen molar-refractivity contribution in [1.29, 1.82) is 0 Å². The highest BCUT2D eigenvalue weighted by atomic mass is 16.4. The molecule has 1 aliphatic heterocycles. The summed E-state index contributed by atoms with van der Waals surface area (Å²) < 4.78 is 1.95. The Bertz CT molecular complexity index is 741. The van der Waals surface area contributed by atoms with Gasteiger partial charge in [-0.05, 0) is 12.0 Å². The van der Waals surface area contributed by atoms with E-state index in [0.29, 0.717) is 6.54 Å². The molecule has 130 valence electrons. The Kier molecular flexibility index (Phi) is 5.28. The number of hydrogen-bond acceptors (Lipinski definition) is 3. The monoisotopic (exact) mass is 339 g/mol. The smallest absolute Gasteiger partial charge is 0.309 e. The fourth-order valence-corrected chi connectivity index (χ4v) is 3.17. The van der Waals surface area contributed by atoms with Gasteiger partial charge in [-0.1, -0.05) is 42.5 Å². The number of benzene rings is 1. The fraction of sp³-hybridized carbons (Fsp3) is 0.316. The molecule has 1 aromatic heterocycles. The van der Waals surface area contributed by atoms with Gasteiger partial charge in [-0.2, -0.15) is 0 Å². The van der Waals surface area contributed by atoms with Gasteiger partial charge in [0.05, 0.1) is 18.3 Å². The molecule has 2 aromatic rings. The zero-order valence-electron chi connectivity index (χ0n) is 13.9. The maximum atomic E-state index is 12.3. The molecule has 0 bridgehead atoms. The maximum Gasteiger partial charge on any atom is 0.309 e. The van der Waals surface area contributed by atoms with Crippen LogP contribution in [0.1, 0.15) is 18.4 Å². The van der Waals surface area contributed by atoms with Gasteiger partial charge in [0.25, 0.3) is 0 Å². The first-order valence-corrected chi connectivity index (χ1v) is 8.36. The van der Waals surface area contributed by atoms with E-state index < -0.39 is 17.9 Å². The molecule has 0 saturated carbocycles. The fourth-order valence-electron chi connectivity index (χ4n) is 3.17. The minimum absolute atomic E-state index is 0.0597. The Labute approximate surface area is 146 Å². The van der Waals surface area contributed by atoms with Gasteiger partial charge in [-0.25, -0.2) is 4.98 Å². The number of nitrogens with zero attached hydrogens (tertiary/aromatic N) is 3. The van der Waals surface area contributed by atoms with Gasteiger partial charge in [0.15, 0.2) is 0 Å². The van der Waals surface area contributed by atoms with Gasteiger partial charge in [-0.3, -0.25) is 9.59 Å². The van der Waals surface area contributed by atoms with Gasteiger partial charge in [0, 0.05) is 31.9 Å². The number of amides is 1. The zero-order valence-corrected chi connectivity index (χ0v) is 13.9. The summed E-state index contributed by atoms with van der Waals surface area (Å²) in [6.07, 6.45) is 9.87. The Morgan fingerprint density at radius 1 is 1.28 bits per heavy atom. The quantitative estimate of drug-likeness (QED) is 0.840. The standard InChI is InChI=1S/C19H21N3O3/c23-18-13-16(19(24)25)17(8-7-15-5-2-1-3-6-15)22(18)11-4-10-21-12-9-20-14-21/h1-3,5-9,12,14,16-17H,4,10-11,13H2,(H,24,25)/b8-7+/t16-,17-/m1/s1. The van der Waals surface area contributed by atoms with E-state index in [4.69, 9.17) is 0 Å². The predicted octanol–water partition coefficient (Wildman–Crippen LogP) is 2.29. The second-order valence-corrected chi connectivity index (χ2v) is 6.15. The SMILES string of the molecule is O=C(O)[C@@H]1CC(=O)N(CCCn2ccnc2)[C@@H]1/C=C/c1ccccc1. The molecule has 25 heavy (non-hydrogen) atoms. The van der Waals surface area contributed by atoms with E-state index in [-0.39, 0.29) is 12.3 Å². The van der Waals surface area contributed by atoms with E-state index in [2.05, 4.69) is 4.98 Å². The molecule has 0 unspecified atom stereocenters. The second-order valence-electron chi connectivity index (χ2n) is 6.15. The molecule has 6 heteroatoms. The number of aromatic nitrogens is 2. The van der Waals surface area contributed by atoms with Gasteiger partial charge >= 0.3 is 5.97 Å². The summed E-state index contributed by atoms with van der Waals surface area (Å²) in [7, 11) is 0. The number of carboxylic acids is 1. The molecule has 2 atom stereocenters. The summed E-state index contributed by atoms with van der Waals surface area (Å²) >= 11 is 0. The first-order valence-electron chi connectivity index (χ1n) is 8.36. The molecule has 2 heterocycles. The van der Waals surface area contributed by atoms with Crippen LogP contribution in [0.25, 0.3) is 6.08 Å². The summed E-state index contributed by atoms with van der Waals surface area (Å²) in [5.74, 6) is -1.71. The molecule has 3 rings (SSSR count). The molecule has 6 nitrogen and oxygen atoms in total. The predicted molar refractivity (Wildman–Crippen MR) is 93.6 cm³/mol. The van der Waals surface area contributed by atoms with E-state index in [9.17, 15) is 14.7 Å². The van der Waals surface area contributed by atoms with Crippen molar-refractivity contribution in [3.8, 4) is 0 Å². The third-order valence-corrected chi connectivity index (χ3v) is 4.46. The second kappa shape index (κ2) is 7.79. The van der Waals surface area contributed by atoms with Crippen molar-refractivity contribution < 1.29 is 14.7 Å². The molecule has 1 N–H and O–H groups in total. The average Bonchev–Trinajstić information content (AvgIpc) is 3.23. The van der Waals surface area contributed by atoms with Crippen molar-refractivity contribution in [1.82, 2.24) is 14.5 Å². The van der Waals surface area contributed by atoms with Crippen LogP contribution in [0.3, 0.4) is 0 Å². The minimum atomic E-state index is -0.923. The molecule has 0 spiro atoms. The van der Waals surface area contributed by atoms with Crippen molar-refractivity contribution in [2.45, 2.75) is 25.4 Å². The summed E-state index contributed by atoms with van der Waals surface area (Å²) in [5.41, 5.74) is 0.990. The number of carbonyl (C=O) groups excluding carboxylic acids is 1. The van der Waals surface area contributed by atoms with Crippen molar-refractivity contribution in [3.05, 3.63) is 60.7 Å². The molecule has 1 aromatic carbocycles. The summed E-state index contributed by atoms with van der Waals surface area (Å²) in [5, 5.41) is 9.47. The van der Waals surface area contributed by atoms with Crippen molar-refractivity contribution in [3.63, 3.8) is 0 Å². The third kappa shape index (κ3) is 4.15. The van der Waals surface area contributed by atoms with E-state index >= 15 is 0 Å². The highest BCUT2D eigenvalue weighted by Gasteiger charge is 2.41. The van der Waals surface area contributed by atoms with E-state index in [0.717, 1.165) is 18.5 Å². The molecule has 1 amide bonds. The molecule has 0 aliphatic carbocycles. The van der Waals surface area contributed by atoms with Crippen LogP contribution >= 0.6 is 0 Å². The number of aliphatic carboxylic acids is 1. The van der Waals surface area contributed by atoms with Crippen molar-refractivity contribution in [2.75, 3.05) is 6.54 Å². The molecule has 1 fully saturated rings. The van der Waals surface area contributed by atoms with Crippen LogP contribution in [0, 0.1) is 5.92 Å². The Hall–Kier alpha value is -2.89. The van der Waals surface area contributed by atoms with Crippen LogP contribution in [0.15, 0.2) is 55.1 Å². The molecule has 1 aliphatic rings. The van der Waals surface area contributed by atoms with Crippen LogP contribution in [-0.2, 0) is 16.1 Å². The number of imidazole rings is 1. The lowest BCUT2D eigenvalue weighted by Gasteiger charge is -2.24. The van der Waals surface area contributed by atoms with Gasteiger partial charge < -0.3 is 14.6 Å². The van der Waals surface area contributed by atoms with E-state index in [1.807, 2.05) is 53.2 Å². The number of carbonyl (C=O) groups is 2. The highest BCUT2D eigenvalue weighted by Crippen LogP contribution is 2.28. The Morgan fingerprint density at radius 2 is 2.08 bits per heavy atom. The number of likely N-dealkylation sites (tertiary alicyclic amines) is 1. The topological polar surface area (TPSA) is 75.4 Å². The first kappa shape index (κ1) is 17.0. The van der Waals surface area contributed by atoms with Gasteiger partial charge in [0.2, 0.25) is 5.91 Å². The maximum absolute atomic E-state index is 12.3. The summed E-state index contributed by atoms with van der Waals surface area (Å²) in [6, 6.07) is 9.28. The normalized spacial score (nSPS) is 20.5. The molecule has 0 radical (unpaired) electrons. The molecular formula is C19H21N3O3. The van der Waals surface area contributed by atoms with Crippen molar-refractivity contribution in [2.24, 2.45) is 5.92 Å². The highest BCUT2D eigenvalue weighted by molar-refractivity contribution is 5.87. The average molecular weight is 339 g/mol.